The maximum Gasteiger partial charge on any atom is 0.241 e. The number of aryl methyl sites for hydroxylation is 1. The SMILES string of the molecule is COc1ncc(-c2cc(OC3CCOCC3)c3ncnc(C)c3c2)cc1N=Nc1ccc(F)cc1. The number of azo groups is 1. The highest BCUT2D eigenvalue weighted by molar-refractivity contribution is 5.91. The van der Waals surface area contributed by atoms with Gasteiger partial charge in [0, 0.05) is 35.7 Å². The fraction of sp³-hybridized carbons (Fsp3) is 0.269. The summed E-state index contributed by atoms with van der Waals surface area (Å²) in [6.45, 7) is 3.31. The van der Waals surface area contributed by atoms with Gasteiger partial charge < -0.3 is 14.2 Å². The number of hydrogen-bond donors (Lipinski definition) is 0. The quantitative estimate of drug-likeness (QED) is 0.313. The lowest BCUT2D eigenvalue weighted by Gasteiger charge is -2.24. The van der Waals surface area contributed by atoms with E-state index in [-0.39, 0.29) is 11.9 Å². The van der Waals surface area contributed by atoms with Crippen LogP contribution in [0.1, 0.15) is 18.5 Å². The molecule has 1 fully saturated rings. The van der Waals surface area contributed by atoms with Crippen LogP contribution in [0.5, 0.6) is 11.6 Å². The molecule has 0 spiro atoms. The van der Waals surface area contributed by atoms with Gasteiger partial charge in [-0.15, -0.1) is 5.11 Å². The number of methoxy groups -OCH3 is 1. The molecule has 178 valence electrons. The van der Waals surface area contributed by atoms with E-state index in [0.717, 1.165) is 40.6 Å². The maximum atomic E-state index is 13.2. The standard InChI is InChI=1S/C26H24FN5O3/c1-16-22-11-17(13-24(25(22)30-15-29-16)35-21-7-9-34-10-8-21)18-12-23(26(33-2)28-14-18)32-31-20-5-3-19(27)4-6-20/h3-6,11-15,21H,7-10H2,1-2H3. The fourth-order valence-corrected chi connectivity index (χ4v) is 3.94. The first-order valence-electron chi connectivity index (χ1n) is 11.3. The van der Waals surface area contributed by atoms with E-state index in [0.29, 0.717) is 36.2 Å². The number of fused-ring (bicyclic) bond motifs is 1. The molecule has 1 aliphatic heterocycles. The van der Waals surface area contributed by atoms with Gasteiger partial charge in [-0.3, -0.25) is 0 Å². The van der Waals surface area contributed by atoms with E-state index in [1.54, 1.807) is 24.7 Å². The highest BCUT2D eigenvalue weighted by atomic mass is 19.1. The van der Waals surface area contributed by atoms with E-state index in [1.165, 1.54) is 19.2 Å². The summed E-state index contributed by atoms with van der Waals surface area (Å²) in [6.07, 6.45) is 4.99. The summed E-state index contributed by atoms with van der Waals surface area (Å²) < 4.78 is 30.4. The van der Waals surface area contributed by atoms with Gasteiger partial charge in [0.25, 0.3) is 0 Å². The molecule has 2 aromatic carbocycles. The summed E-state index contributed by atoms with van der Waals surface area (Å²) in [6, 6.07) is 11.6. The molecular weight excluding hydrogens is 449 g/mol. The molecule has 0 unspecified atom stereocenters. The van der Waals surface area contributed by atoms with Crippen LogP contribution in [0, 0.1) is 12.7 Å². The summed E-state index contributed by atoms with van der Waals surface area (Å²) >= 11 is 0. The highest BCUT2D eigenvalue weighted by Crippen LogP contribution is 2.37. The third-order valence-electron chi connectivity index (χ3n) is 5.82. The molecule has 0 saturated carbocycles. The zero-order chi connectivity index (χ0) is 24.2. The number of aromatic nitrogens is 3. The zero-order valence-corrected chi connectivity index (χ0v) is 19.4. The van der Waals surface area contributed by atoms with E-state index in [4.69, 9.17) is 14.2 Å². The Morgan fingerprint density at radius 1 is 0.971 bits per heavy atom. The van der Waals surface area contributed by atoms with Crippen molar-refractivity contribution >= 4 is 22.3 Å². The van der Waals surface area contributed by atoms with Crippen molar-refractivity contribution in [1.82, 2.24) is 15.0 Å². The lowest BCUT2D eigenvalue weighted by atomic mass is 10.0. The monoisotopic (exact) mass is 473 g/mol. The summed E-state index contributed by atoms with van der Waals surface area (Å²) in [5, 5.41) is 9.41. The van der Waals surface area contributed by atoms with Crippen LogP contribution < -0.4 is 9.47 Å². The molecule has 5 rings (SSSR count). The Morgan fingerprint density at radius 3 is 2.54 bits per heavy atom. The number of ether oxygens (including phenoxy) is 3. The number of hydrogen-bond acceptors (Lipinski definition) is 8. The Hall–Kier alpha value is -3.98. The Bertz CT molecular complexity index is 1370. The Kier molecular flexibility index (Phi) is 6.58. The molecule has 0 radical (unpaired) electrons. The average molecular weight is 474 g/mol. The van der Waals surface area contributed by atoms with Crippen LogP contribution in [-0.2, 0) is 4.74 Å². The van der Waals surface area contributed by atoms with Crippen LogP contribution in [0.3, 0.4) is 0 Å². The van der Waals surface area contributed by atoms with Crippen LogP contribution in [0.4, 0.5) is 15.8 Å². The molecule has 35 heavy (non-hydrogen) atoms. The van der Waals surface area contributed by atoms with Gasteiger partial charge in [0.05, 0.1) is 26.0 Å². The summed E-state index contributed by atoms with van der Waals surface area (Å²) in [5.41, 5.74) is 4.27. The average Bonchev–Trinajstić information content (AvgIpc) is 2.89. The second-order valence-electron chi connectivity index (χ2n) is 8.19. The smallest absolute Gasteiger partial charge is 0.241 e. The van der Waals surface area contributed by atoms with E-state index in [2.05, 4.69) is 25.2 Å². The van der Waals surface area contributed by atoms with Crippen molar-refractivity contribution in [3.05, 3.63) is 66.5 Å². The van der Waals surface area contributed by atoms with Gasteiger partial charge in [0.2, 0.25) is 5.88 Å². The van der Waals surface area contributed by atoms with Gasteiger partial charge in [0.15, 0.2) is 0 Å². The van der Waals surface area contributed by atoms with Crippen LogP contribution in [0.25, 0.3) is 22.0 Å². The van der Waals surface area contributed by atoms with Crippen molar-refractivity contribution in [2.24, 2.45) is 10.2 Å². The number of nitrogens with zero attached hydrogens (tertiary/aromatic N) is 5. The number of pyridine rings is 1. The Morgan fingerprint density at radius 2 is 1.77 bits per heavy atom. The molecule has 1 saturated heterocycles. The predicted octanol–water partition coefficient (Wildman–Crippen LogP) is 6.12. The second-order valence-corrected chi connectivity index (χ2v) is 8.19. The predicted molar refractivity (Wildman–Crippen MR) is 129 cm³/mol. The molecular formula is C26H24FN5O3. The van der Waals surface area contributed by atoms with Gasteiger partial charge >= 0.3 is 0 Å². The molecule has 0 amide bonds. The minimum Gasteiger partial charge on any atom is -0.488 e. The van der Waals surface area contributed by atoms with Gasteiger partial charge in [-0.1, -0.05) is 0 Å². The van der Waals surface area contributed by atoms with Crippen LogP contribution in [0.15, 0.2) is 65.2 Å². The third-order valence-corrected chi connectivity index (χ3v) is 5.82. The minimum absolute atomic E-state index is 0.0616. The van der Waals surface area contributed by atoms with Crippen molar-refractivity contribution in [2.45, 2.75) is 25.9 Å². The molecule has 9 heteroatoms. The Labute approximate surface area is 201 Å². The summed E-state index contributed by atoms with van der Waals surface area (Å²) in [4.78, 5) is 13.3. The first-order valence-corrected chi connectivity index (χ1v) is 11.3. The molecule has 0 atom stereocenters. The molecule has 1 aliphatic rings. The molecule has 4 aromatic rings. The molecule has 0 bridgehead atoms. The van der Waals surface area contributed by atoms with E-state index < -0.39 is 0 Å². The molecule has 2 aromatic heterocycles. The normalized spacial score (nSPS) is 14.5. The minimum atomic E-state index is -0.334. The molecule has 0 aliphatic carbocycles. The third kappa shape index (κ3) is 5.09. The summed E-state index contributed by atoms with van der Waals surface area (Å²) in [5.74, 6) is 0.693. The lowest BCUT2D eigenvalue weighted by molar-refractivity contribution is 0.0261. The highest BCUT2D eigenvalue weighted by Gasteiger charge is 2.19. The van der Waals surface area contributed by atoms with Crippen LogP contribution >= 0.6 is 0 Å². The largest absolute Gasteiger partial charge is 0.488 e. The Balaban J connectivity index is 1.55. The number of rotatable bonds is 6. The van der Waals surface area contributed by atoms with E-state index in [1.807, 2.05) is 25.1 Å². The van der Waals surface area contributed by atoms with Gasteiger partial charge in [-0.25, -0.2) is 19.3 Å². The van der Waals surface area contributed by atoms with E-state index in [9.17, 15) is 4.39 Å². The first kappa shape index (κ1) is 22.8. The molecule has 8 nitrogen and oxygen atoms in total. The number of benzene rings is 2. The van der Waals surface area contributed by atoms with E-state index >= 15 is 0 Å². The van der Waals surface area contributed by atoms with Crippen molar-refractivity contribution in [2.75, 3.05) is 20.3 Å². The maximum absolute atomic E-state index is 13.2. The van der Waals surface area contributed by atoms with Gasteiger partial charge in [-0.2, -0.15) is 5.11 Å². The zero-order valence-electron chi connectivity index (χ0n) is 19.4. The molecule has 3 heterocycles. The van der Waals surface area contributed by atoms with Gasteiger partial charge in [0.1, 0.15) is 35.2 Å². The van der Waals surface area contributed by atoms with Crippen molar-refractivity contribution in [3.8, 4) is 22.8 Å². The van der Waals surface area contributed by atoms with Crippen LogP contribution in [-0.4, -0.2) is 41.4 Å². The van der Waals surface area contributed by atoms with Crippen LogP contribution in [0.2, 0.25) is 0 Å². The molecule has 0 N–H and O–H groups in total. The lowest BCUT2D eigenvalue weighted by Crippen LogP contribution is -2.26. The fourth-order valence-electron chi connectivity index (χ4n) is 3.94. The van der Waals surface area contributed by atoms with Crippen molar-refractivity contribution in [1.29, 1.82) is 0 Å². The topological polar surface area (TPSA) is 91.1 Å². The van der Waals surface area contributed by atoms with Crippen molar-refractivity contribution < 1.29 is 18.6 Å². The summed E-state index contributed by atoms with van der Waals surface area (Å²) in [7, 11) is 1.52. The first-order chi connectivity index (χ1) is 17.1. The van der Waals surface area contributed by atoms with Crippen molar-refractivity contribution in [3.63, 3.8) is 0 Å². The van der Waals surface area contributed by atoms with Gasteiger partial charge in [-0.05, 0) is 55.0 Å². The second kappa shape index (κ2) is 10.1. The number of halogens is 1.